The number of hydrogen-bond donors (Lipinski definition) is 2. The molecular formula is C26H25Cl2N7O4. The van der Waals surface area contributed by atoms with E-state index in [0.29, 0.717) is 53.0 Å². The highest BCUT2D eigenvalue weighted by Crippen LogP contribution is 2.36. The van der Waals surface area contributed by atoms with E-state index < -0.39 is 5.97 Å². The lowest BCUT2D eigenvalue weighted by Gasteiger charge is -2.29. The number of aromatic nitrogens is 4. The zero-order valence-electron chi connectivity index (χ0n) is 21.1. The Morgan fingerprint density at radius 3 is 2.62 bits per heavy atom. The summed E-state index contributed by atoms with van der Waals surface area (Å²) in [5.74, 6) is -0.550. The minimum Gasteiger partial charge on any atom is -0.495 e. The molecule has 1 aliphatic rings. The van der Waals surface area contributed by atoms with Gasteiger partial charge in [-0.2, -0.15) is 0 Å². The number of para-hydroxylation sites is 1. The van der Waals surface area contributed by atoms with Crippen molar-refractivity contribution in [1.29, 1.82) is 0 Å². The minimum absolute atomic E-state index is 0.189. The van der Waals surface area contributed by atoms with Crippen LogP contribution in [0.2, 0.25) is 10.2 Å². The molecule has 4 aromatic rings. The predicted molar refractivity (Wildman–Crippen MR) is 148 cm³/mol. The van der Waals surface area contributed by atoms with Crippen LogP contribution in [0.5, 0.6) is 5.75 Å². The second-order valence-electron chi connectivity index (χ2n) is 8.83. The van der Waals surface area contributed by atoms with E-state index in [1.54, 1.807) is 64.4 Å². The largest absolute Gasteiger partial charge is 0.495 e. The van der Waals surface area contributed by atoms with Crippen LogP contribution >= 0.6 is 23.2 Å². The SMILES string of the molecule is CCC(N1CNN(c2ccccc2C(=O)O)C1)n1cc(OC)c(-c2cc(Cl)ccc2-n2cc(Cl)nn2)cc1=O. The zero-order valence-corrected chi connectivity index (χ0v) is 22.6. The molecule has 11 nitrogen and oxygen atoms in total. The van der Waals surface area contributed by atoms with Crippen molar-refractivity contribution in [2.45, 2.75) is 19.5 Å². The van der Waals surface area contributed by atoms with E-state index >= 15 is 0 Å². The summed E-state index contributed by atoms with van der Waals surface area (Å²) in [6, 6.07) is 13.5. The number of nitrogens with one attached hydrogen (secondary N) is 1. The third-order valence-electron chi connectivity index (χ3n) is 6.55. The second-order valence-corrected chi connectivity index (χ2v) is 9.66. The maximum absolute atomic E-state index is 13.6. The number of carboxylic acids is 1. The van der Waals surface area contributed by atoms with Crippen molar-refractivity contribution >= 4 is 34.9 Å². The van der Waals surface area contributed by atoms with Gasteiger partial charge in [0.2, 0.25) is 0 Å². The van der Waals surface area contributed by atoms with Crippen molar-refractivity contribution in [3.05, 3.63) is 87.0 Å². The number of ether oxygens (including phenoxy) is 1. The summed E-state index contributed by atoms with van der Waals surface area (Å²) in [5, 5.41) is 20.0. The Labute approximate surface area is 233 Å². The monoisotopic (exact) mass is 569 g/mol. The molecule has 0 aliphatic carbocycles. The van der Waals surface area contributed by atoms with Gasteiger partial charge in [-0.25, -0.2) is 19.8 Å². The molecule has 202 valence electrons. The lowest BCUT2D eigenvalue weighted by Crippen LogP contribution is -2.37. The number of halogens is 2. The van der Waals surface area contributed by atoms with E-state index in [0.717, 1.165) is 0 Å². The number of pyridine rings is 1. The maximum Gasteiger partial charge on any atom is 0.337 e. The quantitative estimate of drug-likeness (QED) is 0.321. The predicted octanol–water partition coefficient (Wildman–Crippen LogP) is 4.26. The average molecular weight is 570 g/mol. The number of benzene rings is 2. The standard InChI is InChI=1S/C26H25Cl2N7O4/c1-3-24(32-14-29-35(15-32)20-7-5-4-6-17(20)26(37)38)33-12-22(39-2)19(11-25(33)36)18-10-16(27)8-9-21(18)34-13-23(28)30-31-34/h4-13,24,29H,3,14-15H2,1-2H3,(H,37,38). The van der Waals surface area contributed by atoms with Crippen LogP contribution in [0.4, 0.5) is 5.69 Å². The van der Waals surface area contributed by atoms with Gasteiger partial charge in [0.1, 0.15) is 5.75 Å². The van der Waals surface area contributed by atoms with Gasteiger partial charge in [0.25, 0.3) is 5.56 Å². The fourth-order valence-corrected chi connectivity index (χ4v) is 5.06. The lowest BCUT2D eigenvalue weighted by molar-refractivity contribution is 0.0697. The fraction of sp³-hybridized carbons (Fsp3) is 0.231. The smallest absolute Gasteiger partial charge is 0.337 e. The van der Waals surface area contributed by atoms with Crippen LogP contribution in [-0.4, -0.2) is 56.0 Å². The molecular weight excluding hydrogens is 545 g/mol. The summed E-state index contributed by atoms with van der Waals surface area (Å²) >= 11 is 12.3. The molecule has 39 heavy (non-hydrogen) atoms. The molecule has 2 aromatic heterocycles. The molecule has 1 aliphatic heterocycles. The molecule has 2 N–H and O–H groups in total. The minimum atomic E-state index is -1.01. The first kappa shape index (κ1) is 26.7. The summed E-state index contributed by atoms with van der Waals surface area (Å²) in [7, 11) is 1.53. The second kappa shape index (κ2) is 11.1. The first-order valence-electron chi connectivity index (χ1n) is 12.1. The third kappa shape index (κ3) is 5.21. The number of methoxy groups -OCH3 is 1. The van der Waals surface area contributed by atoms with Gasteiger partial charge in [-0.15, -0.1) is 5.10 Å². The number of aromatic carboxylic acids is 1. The van der Waals surface area contributed by atoms with E-state index in [1.807, 2.05) is 11.8 Å². The maximum atomic E-state index is 13.6. The van der Waals surface area contributed by atoms with E-state index in [1.165, 1.54) is 17.9 Å². The number of nitrogens with zero attached hydrogens (tertiary/aromatic N) is 6. The highest BCUT2D eigenvalue weighted by atomic mass is 35.5. The van der Waals surface area contributed by atoms with Gasteiger partial charge in [0.05, 0.1) is 55.9 Å². The van der Waals surface area contributed by atoms with Crippen molar-refractivity contribution in [1.82, 2.24) is 29.9 Å². The lowest BCUT2D eigenvalue weighted by atomic mass is 10.0. The third-order valence-corrected chi connectivity index (χ3v) is 6.95. The molecule has 1 saturated heterocycles. The van der Waals surface area contributed by atoms with Gasteiger partial charge < -0.3 is 9.84 Å². The van der Waals surface area contributed by atoms with Crippen LogP contribution in [0.25, 0.3) is 16.8 Å². The van der Waals surface area contributed by atoms with Gasteiger partial charge in [-0.1, -0.05) is 47.5 Å². The molecule has 5 rings (SSSR count). The van der Waals surface area contributed by atoms with Crippen LogP contribution in [0.15, 0.2) is 65.7 Å². The molecule has 1 atom stereocenters. The highest BCUT2D eigenvalue weighted by molar-refractivity contribution is 6.31. The molecule has 0 spiro atoms. The van der Waals surface area contributed by atoms with Crippen LogP contribution < -0.4 is 20.7 Å². The molecule has 0 bridgehead atoms. The molecule has 13 heteroatoms. The fourth-order valence-electron chi connectivity index (χ4n) is 4.76. The number of rotatable bonds is 8. The summed E-state index contributed by atoms with van der Waals surface area (Å²) in [4.78, 5) is 27.3. The van der Waals surface area contributed by atoms with Gasteiger partial charge in [0, 0.05) is 22.2 Å². The van der Waals surface area contributed by atoms with Crippen molar-refractivity contribution in [2.24, 2.45) is 0 Å². The normalized spacial score (nSPS) is 14.5. The van der Waals surface area contributed by atoms with E-state index in [-0.39, 0.29) is 22.4 Å². The van der Waals surface area contributed by atoms with E-state index in [4.69, 9.17) is 27.9 Å². The Morgan fingerprint density at radius 1 is 1.13 bits per heavy atom. The molecule has 0 amide bonds. The summed E-state index contributed by atoms with van der Waals surface area (Å²) < 4.78 is 8.86. The van der Waals surface area contributed by atoms with Crippen LogP contribution in [0, 0.1) is 0 Å². The molecule has 0 saturated carbocycles. The molecule has 1 fully saturated rings. The molecule has 1 unspecified atom stereocenters. The number of anilines is 1. The molecule has 0 radical (unpaired) electrons. The summed E-state index contributed by atoms with van der Waals surface area (Å²) in [6.45, 7) is 2.76. The summed E-state index contributed by atoms with van der Waals surface area (Å²) in [6.07, 6.45) is 3.52. The number of hydrogen-bond acceptors (Lipinski definition) is 8. The van der Waals surface area contributed by atoms with Crippen molar-refractivity contribution in [3.63, 3.8) is 0 Å². The Balaban J connectivity index is 1.51. The van der Waals surface area contributed by atoms with Crippen LogP contribution in [0.1, 0.15) is 29.9 Å². The van der Waals surface area contributed by atoms with Gasteiger partial charge >= 0.3 is 5.97 Å². The van der Waals surface area contributed by atoms with Crippen LogP contribution in [0.3, 0.4) is 0 Å². The molecule has 3 heterocycles. The van der Waals surface area contributed by atoms with E-state index in [9.17, 15) is 14.7 Å². The zero-order chi connectivity index (χ0) is 27.7. The Kier molecular flexibility index (Phi) is 7.58. The van der Waals surface area contributed by atoms with Crippen molar-refractivity contribution in [3.8, 4) is 22.6 Å². The number of carboxylic acid groups (broad SMARTS) is 1. The van der Waals surface area contributed by atoms with Crippen LogP contribution in [-0.2, 0) is 0 Å². The Bertz CT molecular complexity index is 1590. The van der Waals surface area contributed by atoms with Crippen molar-refractivity contribution < 1.29 is 14.6 Å². The number of hydrazine groups is 1. The van der Waals surface area contributed by atoms with E-state index in [2.05, 4.69) is 15.7 Å². The number of carbonyl (C=O) groups is 1. The average Bonchev–Trinajstić information content (AvgIpc) is 3.59. The first-order valence-corrected chi connectivity index (χ1v) is 12.8. The van der Waals surface area contributed by atoms with Crippen molar-refractivity contribution in [2.75, 3.05) is 25.5 Å². The Morgan fingerprint density at radius 2 is 1.92 bits per heavy atom. The topological polar surface area (TPSA) is 118 Å². The Hall–Kier alpha value is -3.90. The summed E-state index contributed by atoms with van der Waals surface area (Å²) in [5.41, 5.74) is 5.50. The first-order chi connectivity index (χ1) is 18.8. The van der Waals surface area contributed by atoms with Gasteiger partial charge in [-0.05, 0) is 36.8 Å². The van der Waals surface area contributed by atoms with Gasteiger partial charge in [-0.3, -0.25) is 14.4 Å². The van der Waals surface area contributed by atoms with Gasteiger partial charge in [0.15, 0.2) is 5.15 Å². The molecule has 2 aromatic carbocycles. The highest BCUT2D eigenvalue weighted by Gasteiger charge is 2.30.